The summed E-state index contributed by atoms with van der Waals surface area (Å²) in [5.74, 6) is 1.59. The van der Waals surface area contributed by atoms with Crippen molar-refractivity contribution >= 4 is 34.9 Å². The fourth-order valence-corrected chi connectivity index (χ4v) is 3.41. The fourth-order valence-electron chi connectivity index (χ4n) is 2.82. The van der Waals surface area contributed by atoms with Crippen LogP contribution in [-0.4, -0.2) is 30.4 Å². The van der Waals surface area contributed by atoms with Crippen LogP contribution in [0, 0.1) is 18.3 Å². The number of nitrogens with one attached hydrogen (secondary N) is 1. The van der Waals surface area contributed by atoms with Crippen molar-refractivity contribution in [3.05, 3.63) is 52.5 Å². The molecule has 0 fully saturated rings. The molecule has 148 valence electrons. The lowest BCUT2D eigenvalue weighted by Gasteiger charge is -2.15. The van der Waals surface area contributed by atoms with Crippen molar-refractivity contribution in [1.82, 2.24) is 9.97 Å². The molecule has 0 unspecified atom stereocenters. The highest BCUT2D eigenvalue weighted by Gasteiger charge is 2.18. The third-order valence-electron chi connectivity index (χ3n) is 4.28. The maximum atomic E-state index is 9.89. The van der Waals surface area contributed by atoms with Gasteiger partial charge in [0.05, 0.1) is 19.9 Å². The van der Waals surface area contributed by atoms with Gasteiger partial charge in [0, 0.05) is 16.3 Å². The molecule has 0 saturated heterocycles. The van der Waals surface area contributed by atoms with Crippen LogP contribution in [0.2, 0.25) is 5.02 Å². The SMILES string of the molecule is COc1ccc(-c2nc(SC)nc(Nc3ccc(Cl)cc3C)c2C#N)cc1OC. The molecular formula is C21H19ClN4O2S. The number of aryl methyl sites for hydroxylation is 1. The number of rotatable bonds is 6. The first kappa shape index (κ1) is 20.8. The summed E-state index contributed by atoms with van der Waals surface area (Å²) in [5.41, 5.74) is 3.34. The molecule has 2 aromatic carbocycles. The molecule has 0 bridgehead atoms. The van der Waals surface area contributed by atoms with Gasteiger partial charge in [-0.05, 0) is 55.1 Å². The molecule has 1 N–H and O–H groups in total. The molecule has 0 radical (unpaired) electrons. The first-order valence-corrected chi connectivity index (χ1v) is 10.2. The van der Waals surface area contributed by atoms with Gasteiger partial charge in [-0.25, -0.2) is 9.97 Å². The molecule has 0 spiro atoms. The van der Waals surface area contributed by atoms with Gasteiger partial charge >= 0.3 is 0 Å². The average Bonchev–Trinajstić information content (AvgIpc) is 2.74. The number of ether oxygens (including phenoxy) is 2. The summed E-state index contributed by atoms with van der Waals surface area (Å²) in [6, 6.07) is 13.1. The van der Waals surface area contributed by atoms with Crippen LogP contribution in [0.15, 0.2) is 41.6 Å². The largest absolute Gasteiger partial charge is 0.493 e. The average molecular weight is 427 g/mol. The smallest absolute Gasteiger partial charge is 0.189 e. The summed E-state index contributed by atoms with van der Waals surface area (Å²) < 4.78 is 10.7. The Bertz CT molecular complexity index is 1100. The van der Waals surface area contributed by atoms with Crippen LogP contribution in [0.1, 0.15) is 11.1 Å². The van der Waals surface area contributed by atoms with Gasteiger partial charge in [0.15, 0.2) is 22.5 Å². The molecule has 8 heteroatoms. The second kappa shape index (κ2) is 9.03. The van der Waals surface area contributed by atoms with Crippen LogP contribution < -0.4 is 14.8 Å². The molecular weight excluding hydrogens is 408 g/mol. The number of anilines is 2. The summed E-state index contributed by atoms with van der Waals surface area (Å²) in [5, 5.41) is 14.3. The third kappa shape index (κ3) is 4.39. The second-order valence-corrected chi connectivity index (χ2v) is 7.26. The van der Waals surface area contributed by atoms with E-state index in [1.54, 1.807) is 32.4 Å². The molecule has 1 heterocycles. The number of nitriles is 1. The Balaban J connectivity index is 2.16. The van der Waals surface area contributed by atoms with E-state index in [4.69, 9.17) is 21.1 Å². The van der Waals surface area contributed by atoms with Gasteiger partial charge in [0.1, 0.15) is 11.6 Å². The molecule has 3 rings (SSSR count). The lowest BCUT2D eigenvalue weighted by atomic mass is 10.1. The maximum absolute atomic E-state index is 9.89. The molecule has 1 aromatic heterocycles. The van der Waals surface area contributed by atoms with Gasteiger partial charge in [-0.15, -0.1) is 0 Å². The highest BCUT2D eigenvalue weighted by Crippen LogP contribution is 2.36. The van der Waals surface area contributed by atoms with Crippen molar-refractivity contribution in [3.63, 3.8) is 0 Å². The van der Waals surface area contributed by atoms with E-state index in [0.717, 1.165) is 16.8 Å². The summed E-state index contributed by atoms with van der Waals surface area (Å²) >= 11 is 7.45. The predicted molar refractivity (Wildman–Crippen MR) is 117 cm³/mol. The first-order chi connectivity index (χ1) is 14.0. The minimum absolute atomic E-state index is 0.337. The Morgan fingerprint density at radius 1 is 1.07 bits per heavy atom. The van der Waals surface area contributed by atoms with Crippen molar-refractivity contribution in [1.29, 1.82) is 5.26 Å². The highest BCUT2D eigenvalue weighted by molar-refractivity contribution is 7.98. The van der Waals surface area contributed by atoms with Gasteiger partial charge in [0.25, 0.3) is 0 Å². The molecule has 0 atom stereocenters. The van der Waals surface area contributed by atoms with E-state index < -0.39 is 0 Å². The van der Waals surface area contributed by atoms with Crippen molar-refractivity contribution in [2.24, 2.45) is 0 Å². The maximum Gasteiger partial charge on any atom is 0.189 e. The van der Waals surface area contributed by atoms with Crippen LogP contribution >= 0.6 is 23.4 Å². The van der Waals surface area contributed by atoms with E-state index in [-0.39, 0.29) is 0 Å². The zero-order chi connectivity index (χ0) is 21.0. The van der Waals surface area contributed by atoms with E-state index in [9.17, 15) is 5.26 Å². The number of hydrogen-bond acceptors (Lipinski definition) is 7. The normalized spacial score (nSPS) is 10.3. The van der Waals surface area contributed by atoms with Crippen molar-refractivity contribution < 1.29 is 9.47 Å². The monoisotopic (exact) mass is 426 g/mol. The Hall–Kier alpha value is -2.95. The number of aromatic nitrogens is 2. The standard InChI is InChI=1S/C21H19ClN4O2S/c1-12-9-14(22)6-7-16(12)24-20-15(11-23)19(25-21(26-20)29-4)13-5-8-17(27-2)18(10-13)28-3/h5-10H,1-4H3,(H,24,25,26). The lowest BCUT2D eigenvalue weighted by molar-refractivity contribution is 0.355. The zero-order valence-electron chi connectivity index (χ0n) is 16.4. The Morgan fingerprint density at radius 2 is 1.83 bits per heavy atom. The Labute approximate surface area is 178 Å². The van der Waals surface area contributed by atoms with E-state index in [1.165, 1.54) is 11.8 Å². The molecule has 29 heavy (non-hydrogen) atoms. The third-order valence-corrected chi connectivity index (χ3v) is 5.06. The van der Waals surface area contributed by atoms with E-state index in [1.807, 2.05) is 31.4 Å². The highest BCUT2D eigenvalue weighted by atomic mass is 35.5. The van der Waals surface area contributed by atoms with Gasteiger partial charge < -0.3 is 14.8 Å². The molecule has 0 amide bonds. The first-order valence-electron chi connectivity index (χ1n) is 8.62. The molecule has 6 nitrogen and oxygen atoms in total. The number of benzene rings is 2. The van der Waals surface area contributed by atoms with Crippen molar-refractivity contribution in [2.45, 2.75) is 12.1 Å². The minimum Gasteiger partial charge on any atom is -0.493 e. The Kier molecular flexibility index (Phi) is 6.47. The van der Waals surface area contributed by atoms with Crippen LogP contribution in [0.25, 0.3) is 11.3 Å². The second-order valence-electron chi connectivity index (χ2n) is 6.05. The fraction of sp³-hybridized carbons (Fsp3) is 0.190. The van der Waals surface area contributed by atoms with E-state index in [2.05, 4.69) is 21.4 Å². The van der Waals surface area contributed by atoms with Crippen LogP contribution in [0.5, 0.6) is 11.5 Å². The number of hydrogen-bond donors (Lipinski definition) is 1. The summed E-state index contributed by atoms with van der Waals surface area (Å²) in [6.07, 6.45) is 1.89. The van der Waals surface area contributed by atoms with Crippen LogP contribution in [0.4, 0.5) is 11.5 Å². The zero-order valence-corrected chi connectivity index (χ0v) is 18.0. The summed E-state index contributed by atoms with van der Waals surface area (Å²) in [7, 11) is 3.14. The molecule has 0 aliphatic heterocycles. The molecule has 3 aromatic rings. The number of methoxy groups -OCH3 is 2. The Morgan fingerprint density at radius 3 is 2.45 bits per heavy atom. The van der Waals surface area contributed by atoms with Gasteiger partial charge in [-0.1, -0.05) is 23.4 Å². The predicted octanol–water partition coefficient (Wildman–Crippen LogP) is 5.46. The summed E-state index contributed by atoms with van der Waals surface area (Å²) in [6.45, 7) is 1.94. The van der Waals surface area contributed by atoms with Crippen LogP contribution in [0.3, 0.4) is 0 Å². The quantitative estimate of drug-likeness (QED) is 0.414. The van der Waals surface area contributed by atoms with E-state index in [0.29, 0.717) is 38.8 Å². The lowest BCUT2D eigenvalue weighted by Crippen LogP contribution is -2.04. The van der Waals surface area contributed by atoms with Gasteiger partial charge in [-0.3, -0.25) is 0 Å². The van der Waals surface area contributed by atoms with Gasteiger partial charge in [0.2, 0.25) is 0 Å². The minimum atomic E-state index is 0.337. The van der Waals surface area contributed by atoms with E-state index >= 15 is 0 Å². The number of thioether (sulfide) groups is 1. The molecule has 0 aliphatic carbocycles. The van der Waals surface area contributed by atoms with Crippen molar-refractivity contribution in [2.75, 3.05) is 25.8 Å². The van der Waals surface area contributed by atoms with Gasteiger partial charge in [-0.2, -0.15) is 5.26 Å². The van der Waals surface area contributed by atoms with Crippen molar-refractivity contribution in [3.8, 4) is 28.8 Å². The summed E-state index contributed by atoms with van der Waals surface area (Å²) in [4.78, 5) is 9.09. The topological polar surface area (TPSA) is 80.1 Å². The number of halogens is 1. The molecule has 0 saturated carbocycles. The molecule has 0 aliphatic rings. The number of nitrogens with zero attached hydrogens (tertiary/aromatic N) is 3. The van der Waals surface area contributed by atoms with Crippen LogP contribution in [-0.2, 0) is 0 Å².